The topological polar surface area (TPSA) is 55.1 Å². The van der Waals surface area contributed by atoms with Crippen LogP contribution in [-0.2, 0) is 11.2 Å². The van der Waals surface area contributed by atoms with Crippen LogP contribution in [0.3, 0.4) is 0 Å². The van der Waals surface area contributed by atoms with Gasteiger partial charge in [-0.3, -0.25) is 4.79 Å². The Kier molecular flexibility index (Phi) is 3.05. The maximum absolute atomic E-state index is 13.3. The number of nitrogens with one attached hydrogen (secondary N) is 1. The van der Waals surface area contributed by atoms with Gasteiger partial charge in [0.1, 0.15) is 0 Å². The van der Waals surface area contributed by atoms with Crippen LogP contribution >= 0.6 is 0 Å². The van der Waals surface area contributed by atoms with Crippen LogP contribution in [0.5, 0.6) is 0 Å². The minimum absolute atomic E-state index is 0.357. The Morgan fingerprint density at radius 1 is 1.53 bits per heavy atom. The molecule has 1 saturated carbocycles. The first-order valence-electron chi connectivity index (χ1n) is 5.84. The highest BCUT2D eigenvalue weighted by atomic mass is 19.1. The smallest absolute Gasteiger partial charge is 0.257 e. The number of carbonyl (C=O) groups excluding carboxylic acids is 1. The predicted molar refractivity (Wildman–Crippen MR) is 65.4 cm³/mol. The zero-order chi connectivity index (χ0) is 12.5. The molecule has 0 saturated heterocycles. The molecule has 1 aliphatic rings. The summed E-state index contributed by atoms with van der Waals surface area (Å²) in [6.45, 7) is 2.40. The van der Waals surface area contributed by atoms with Crippen LogP contribution in [0.25, 0.3) is 0 Å². The monoisotopic (exact) mass is 236 g/mol. The van der Waals surface area contributed by atoms with E-state index in [-0.39, 0.29) is 0 Å². The summed E-state index contributed by atoms with van der Waals surface area (Å²) >= 11 is 0. The molecular formula is C13H17FN2O. The van der Waals surface area contributed by atoms with Gasteiger partial charge in [-0.15, -0.1) is 0 Å². The molecule has 0 bridgehead atoms. The Bertz CT molecular complexity index is 441. The molecule has 1 aliphatic carbocycles. The predicted octanol–water partition coefficient (Wildman–Crippen LogP) is 1.74. The summed E-state index contributed by atoms with van der Waals surface area (Å²) in [5.74, 6) is -0.473. The number of halogens is 1. The molecule has 1 fully saturated rings. The Balaban J connectivity index is 1.86. The Morgan fingerprint density at radius 2 is 2.24 bits per heavy atom. The third-order valence-electron chi connectivity index (χ3n) is 3.26. The molecule has 4 heteroatoms. The van der Waals surface area contributed by atoms with Crippen LogP contribution in [0.1, 0.15) is 24.0 Å². The van der Waals surface area contributed by atoms with E-state index in [1.54, 1.807) is 0 Å². The van der Waals surface area contributed by atoms with Crippen molar-refractivity contribution in [1.29, 1.82) is 0 Å². The number of hydrogen-bond donors (Lipinski definition) is 2. The number of amides is 1. The van der Waals surface area contributed by atoms with Gasteiger partial charge < -0.3 is 11.1 Å². The van der Waals surface area contributed by atoms with E-state index in [1.807, 2.05) is 25.1 Å². The molecule has 0 spiro atoms. The number of nitrogens with two attached hydrogens (primary N) is 1. The zero-order valence-corrected chi connectivity index (χ0v) is 9.92. The van der Waals surface area contributed by atoms with Crippen molar-refractivity contribution in [2.24, 2.45) is 0 Å². The molecule has 1 amide bonds. The lowest BCUT2D eigenvalue weighted by Crippen LogP contribution is -2.34. The second-order valence-electron chi connectivity index (χ2n) is 4.60. The highest BCUT2D eigenvalue weighted by Gasteiger charge is 2.50. The van der Waals surface area contributed by atoms with E-state index < -0.39 is 11.6 Å². The minimum atomic E-state index is -1.58. The van der Waals surface area contributed by atoms with Gasteiger partial charge in [0, 0.05) is 12.2 Å². The van der Waals surface area contributed by atoms with Gasteiger partial charge in [-0.05, 0) is 43.4 Å². The summed E-state index contributed by atoms with van der Waals surface area (Å²) in [4.78, 5) is 11.4. The van der Waals surface area contributed by atoms with Crippen molar-refractivity contribution in [3.8, 4) is 0 Å². The summed E-state index contributed by atoms with van der Waals surface area (Å²) in [5, 5.41) is 2.63. The fraction of sp³-hybridized carbons (Fsp3) is 0.462. The molecule has 0 aromatic heterocycles. The molecule has 0 radical (unpaired) electrons. The molecule has 2 rings (SSSR count). The lowest BCUT2D eigenvalue weighted by atomic mass is 10.0. The van der Waals surface area contributed by atoms with Crippen LogP contribution in [0.4, 0.5) is 10.1 Å². The Labute approximate surface area is 100 Å². The molecule has 1 aromatic carbocycles. The Morgan fingerprint density at radius 3 is 2.88 bits per heavy atom. The number of nitrogen functional groups attached to an aromatic ring is 1. The molecule has 0 atom stereocenters. The third kappa shape index (κ3) is 2.57. The van der Waals surface area contributed by atoms with Crippen LogP contribution in [-0.4, -0.2) is 18.1 Å². The largest absolute Gasteiger partial charge is 0.399 e. The van der Waals surface area contributed by atoms with Crippen LogP contribution in [0.15, 0.2) is 18.2 Å². The van der Waals surface area contributed by atoms with E-state index in [0.29, 0.717) is 25.8 Å². The van der Waals surface area contributed by atoms with Gasteiger partial charge in [0.25, 0.3) is 5.91 Å². The molecule has 0 heterocycles. The van der Waals surface area contributed by atoms with E-state index in [4.69, 9.17) is 5.73 Å². The van der Waals surface area contributed by atoms with Gasteiger partial charge >= 0.3 is 0 Å². The van der Waals surface area contributed by atoms with Crippen molar-refractivity contribution in [1.82, 2.24) is 5.32 Å². The lowest BCUT2D eigenvalue weighted by molar-refractivity contribution is -0.127. The molecule has 0 unspecified atom stereocenters. The Hall–Kier alpha value is -1.58. The minimum Gasteiger partial charge on any atom is -0.399 e. The first-order valence-corrected chi connectivity index (χ1v) is 5.84. The average molecular weight is 236 g/mol. The number of hydrogen-bond acceptors (Lipinski definition) is 2. The maximum Gasteiger partial charge on any atom is 0.257 e. The molecule has 3 N–H and O–H groups in total. The van der Waals surface area contributed by atoms with E-state index in [2.05, 4.69) is 5.32 Å². The van der Waals surface area contributed by atoms with Gasteiger partial charge in [-0.2, -0.15) is 0 Å². The van der Waals surface area contributed by atoms with Crippen LogP contribution in [0, 0.1) is 6.92 Å². The molecule has 1 aromatic rings. The third-order valence-corrected chi connectivity index (χ3v) is 3.26. The van der Waals surface area contributed by atoms with E-state index in [1.165, 1.54) is 0 Å². The van der Waals surface area contributed by atoms with Crippen molar-refractivity contribution >= 4 is 11.6 Å². The summed E-state index contributed by atoms with van der Waals surface area (Å²) in [5.41, 5.74) is 7.08. The van der Waals surface area contributed by atoms with Crippen molar-refractivity contribution in [2.45, 2.75) is 31.9 Å². The van der Waals surface area contributed by atoms with Gasteiger partial charge in [0.2, 0.25) is 0 Å². The second-order valence-corrected chi connectivity index (χ2v) is 4.60. The molecule has 3 nitrogen and oxygen atoms in total. The van der Waals surface area contributed by atoms with E-state index in [9.17, 15) is 9.18 Å². The van der Waals surface area contributed by atoms with Crippen molar-refractivity contribution in [3.05, 3.63) is 29.3 Å². The number of carbonyl (C=O) groups is 1. The number of alkyl halides is 1. The van der Waals surface area contributed by atoms with Gasteiger partial charge in [-0.25, -0.2) is 4.39 Å². The summed E-state index contributed by atoms with van der Waals surface area (Å²) in [7, 11) is 0. The van der Waals surface area contributed by atoms with Gasteiger partial charge in [-0.1, -0.05) is 12.1 Å². The lowest BCUT2D eigenvalue weighted by Gasteiger charge is -2.10. The van der Waals surface area contributed by atoms with Crippen LogP contribution < -0.4 is 11.1 Å². The highest BCUT2D eigenvalue weighted by Crippen LogP contribution is 2.39. The summed E-state index contributed by atoms with van der Waals surface area (Å²) in [6.07, 6.45) is 1.39. The summed E-state index contributed by atoms with van der Waals surface area (Å²) in [6, 6.07) is 5.70. The maximum atomic E-state index is 13.3. The SMILES string of the molecule is Cc1c(N)cccc1CCNC(=O)C1(F)CC1. The second kappa shape index (κ2) is 4.35. The van der Waals surface area contributed by atoms with Gasteiger partial charge in [0.05, 0.1) is 0 Å². The van der Waals surface area contributed by atoms with Crippen molar-refractivity contribution in [2.75, 3.05) is 12.3 Å². The number of rotatable bonds is 4. The quantitative estimate of drug-likeness (QED) is 0.782. The first-order chi connectivity index (χ1) is 8.03. The van der Waals surface area contributed by atoms with E-state index >= 15 is 0 Å². The fourth-order valence-electron chi connectivity index (χ4n) is 1.78. The van der Waals surface area contributed by atoms with Crippen molar-refractivity contribution in [3.63, 3.8) is 0 Å². The van der Waals surface area contributed by atoms with Gasteiger partial charge in [0.15, 0.2) is 5.67 Å². The molecular weight excluding hydrogens is 219 g/mol. The normalized spacial score (nSPS) is 16.6. The molecule has 0 aliphatic heterocycles. The highest BCUT2D eigenvalue weighted by molar-refractivity contribution is 5.87. The molecule has 17 heavy (non-hydrogen) atoms. The fourth-order valence-corrected chi connectivity index (χ4v) is 1.78. The molecule has 92 valence electrons. The first kappa shape index (κ1) is 11.9. The van der Waals surface area contributed by atoms with E-state index in [0.717, 1.165) is 16.8 Å². The summed E-state index contributed by atoms with van der Waals surface area (Å²) < 4.78 is 13.3. The standard InChI is InChI=1S/C13H17FN2O/c1-9-10(3-2-4-11(9)15)5-8-16-12(17)13(14)6-7-13/h2-4H,5-8,15H2,1H3,(H,16,17). The van der Waals surface area contributed by atoms with Crippen LogP contribution in [0.2, 0.25) is 0 Å². The average Bonchev–Trinajstić information content (AvgIpc) is 3.04. The zero-order valence-electron chi connectivity index (χ0n) is 9.92. The van der Waals surface area contributed by atoms with Crippen molar-refractivity contribution < 1.29 is 9.18 Å². The number of anilines is 1. The number of benzene rings is 1.